The van der Waals surface area contributed by atoms with E-state index in [9.17, 15) is 0 Å². The van der Waals surface area contributed by atoms with Crippen molar-refractivity contribution in [2.75, 3.05) is 4.90 Å². The smallest absolute Gasteiger partial charge is 0.669 e. The Kier molecular flexibility index (Phi) is 13.5. The number of ether oxygens (including phenoxy) is 2. The molecule has 0 atom stereocenters. The van der Waals surface area contributed by atoms with Crippen molar-refractivity contribution in [2.45, 2.75) is 26.3 Å². The van der Waals surface area contributed by atoms with Crippen molar-refractivity contribution in [3.05, 3.63) is 171 Å². The average molecular weight is 1010 g/mol. The number of para-hydroxylation sites is 1. The molecule has 1 aliphatic heterocycles. The van der Waals surface area contributed by atoms with Gasteiger partial charge in [-0.15, -0.1) is 65.8 Å². The Morgan fingerprint density at radius 3 is 2.00 bits per heavy atom. The van der Waals surface area contributed by atoms with Gasteiger partial charge in [-0.1, -0.05) is 18.0 Å². The first kappa shape index (κ1) is 38.0. The molecule has 0 spiro atoms. The maximum absolute atomic E-state index is 6.57. The van der Waals surface area contributed by atoms with Crippen molar-refractivity contribution in [1.82, 2.24) is 14.5 Å². The maximum Gasteiger partial charge on any atom is 4.00 e. The fourth-order valence-corrected chi connectivity index (χ4v) is 4.64. The van der Waals surface area contributed by atoms with Crippen LogP contribution >= 0.6 is 0 Å². The Hall–Kier alpha value is -4.81. The van der Waals surface area contributed by atoms with Crippen LogP contribution in [-0.4, -0.2) is 20.0 Å². The third-order valence-corrected chi connectivity index (χ3v) is 7.10. The van der Waals surface area contributed by atoms with Gasteiger partial charge in [-0.3, -0.25) is 11.1 Å². The number of aromatic nitrogens is 2. The molecule has 0 fully saturated rings. The van der Waals surface area contributed by atoms with Gasteiger partial charge in [-0.05, 0) is 45.3 Å². The van der Waals surface area contributed by atoms with Crippen LogP contribution in [0, 0.1) is 49.5 Å². The Morgan fingerprint density at radius 2 is 1.36 bits per heavy atom. The molecule has 8 heteroatoms. The molecule has 0 unspecified atom stereocenters. The number of nitrogens with zero attached hydrogens (tertiary/aromatic N) is 4. The van der Waals surface area contributed by atoms with Crippen LogP contribution in [0.5, 0.6) is 23.0 Å². The third kappa shape index (κ3) is 10.1. The minimum absolute atomic E-state index is 0. The summed E-state index contributed by atoms with van der Waals surface area (Å²) >= 11 is 0. The van der Waals surface area contributed by atoms with Crippen LogP contribution in [0.25, 0.3) is 22.4 Å². The van der Waals surface area contributed by atoms with Crippen molar-refractivity contribution in [3.63, 3.8) is 0 Å². The Bertz CT molecular complexity index is 2030. The molecular weight excluding hydrogens is 983 g/mol. The molecule has 7 rings (SSSR count). The minimum atomic E-state index is -0.00658. The zero-order valence-electron chi connectivity index (χ0n) is 27.4. The average Bonchev–Trinajstić information content (AvgIpc) is 3.83. The van der Waals surface area contributed by atoms with Gasteiger partial charge >= 0.3 is 21.1 Å². The van der Waals surface area contributed by atoms with E-state index < -0.39 is 0 Å². The molecular formula is C42H31N4O2Pt2-3. The largest absolute Gasteiger partial charge is 4.00 e. The molecule has 254 valence electrons. The van der Waals surface area contributed by atoms with Crippen molar-refractivity contribution < 1.29 is 51.6 Å². The van der Waals surface area contributed by atoms with Gasteiger partial charge in [-0.25, -0.2) is 24.2 Å². The summed E-state index contributed by atoms with van der Waals surface area (Å²) in [5.41, 5.74) is 4.12. The first-order chi connectivity index (χ1) is 23.3. The molecule has 0 N–H and O–H groups in total. The number of anilines is 1. The monoisotopic (exact) mass is 1010 g/mol. The molecule has 6 aromatic rings. The zero-order valence-corrected chi connectivity index (χ0v) is 32.0. The zero-order chi connectivity index (χ0) is 33.3. The van der Waals surface area contributed by atoms with Crippen LogP contribution in [0.1, 0.15) is 20.8 Å². The van der Waals surface area contributed by atoms with E-state index in [1.807, 2.05) is 108 Å². The normalized spacial score (nSPS) is 11.7. The number of rotatable bonds is 7. The predicted octanol–water partition coefficient (Wildman–Crippen LogP) is 9.39. The number of hydrogen-bond donors (Lipinski definition) is 0. The summed E-state index contributed by atoms with van der Waals surface area (Å²) in [6.45, 7) is 8.55. The van der Waals surface area contributed by atoms with E-state index in [0.717, 1.165) is 28.1 Å². The van der Waals surface area contributed by atoms with E-state index in [1.54, 1.807) is 23.2 Å². The van der Waals surface area contributed by atoms with Crippen molar-refractivity contribution >= 4 is 5.69 Å². The Morgan fingerprint density at radius 1 is 0.720 bits per heavy atom. The Labute approximate surface area is 323 Å². The molecule has 0 aliphatic carbocycles. The quantitative estimate of drug-likeness (QED) is 0.118. The van der Waals surface area contributed by atoms with Gasteiger partial charge in [0.25, 0.3) is 0 Å². The van der Waals surface area contributed by atoms with E-state index >= 15 is 0 Å². The van der Waals surface area contributed by atoms with Gasteiger partial charge in [0, 0.05) is 62.0 Å². The van der Waals surface area contributed by atoms with Crippen molar-refractivity contribution in [2.24, 2.45) is 0 Å². The summed E-state index contributed by atoms with van der Waals surface area (Å²) in [7, 11) is 0. The molecule has 4 aromatic carbocycles. The number of benzene rings is 4. The fraction of sp³-hybridized carbons (Fsp3) is 0.0952. The van der Waals surface area contributed by atoms with Gasteiger partial charge in [0.2, 0.25) is 0 Å². The van der Waals surface area contributed by atoms with E-state index in [1.165, 1.54) is 0 Å². The second-order valence-electron chi connectivity index (χ2n) is 11.6. The molecule has 0 saturated carbocycles. The van der Waals surface area contributed by atoms with E-state index in [2.05, 4.69) is 79.9 Å². The molecule has 1 aliphatic rings. The first-order valence-corrected chi connectivity index (χ1v) is 15.3. The molecule has 0 amide bonds. The molecule has 0 bridgehead atoms. The number of hydrogen-bond acceptors (Lipinski definition) is 5. The van der Waals surface area contributed by atoms with Gasteiger partial charge in [0.1, 0.15) is 0 Å². The topological polar surface area (TPSA) is 42.8 Å². The van der Waals surface area contributed by atoms with E-state index in [4.69, 9.17) is 15.9 Å². The molecule has 6 nitrogen and oxygen atoms in total. The van der Waals surface area contributed by atoms with E-state index in [-0.39, 0.29) is 47.7 Å². The maximum atomic E-state index is 6.57. The summed E-state index contributed by atoms with van der Waals surface area (Å²) in [6.07, 6.45) is 15.8. The minimum Gasteiger partial charge on any atom is -0.669 e. The summed E-state index contributed by atoms with van der Waals surface area (Å²) in [6, 6.07) is 49.0. The summed E-state index contributed by atoms with van der Waals surface area (Å²) in [5.74, 6) is 2.41. The standard InChI is InChI=1S/C36H27N3O2.C6H4N.2Pt/c1-36(2,3)39-21-20-38(26-39)30-12-9-17-34(25-30)41-33-16-8-11-29(23-33)35-24-28(18-19-37-35)27-10-7-15-32(22-27)40-31-13-5-4-6-14-31;1-2-7-5-3-4-6-7;;/h4-13,15-17,19-21,24,26H,1-3H3;3-6H;;/q-6;-1;;+4. The number of pyridine rings is 1. The van der Waals surface area contributed by atoms with Crippen LogP contribution in [0.3, 0.4) is 0 Å². The van der Waals surface area contributed by atoms with Crippen LogP contribution in [0.4, 0.5) is 5.69 Å². The van der Waals surface area contributed by atoms with Gasteiger partial charge in [0.15, 0.2) is 0 Å². The fourth-order valence-electron chi connectivity index (χ4n) is 4.64. The van der Waals surface area contributed by atoms with Gasteiger partial charge < -0.3 is 35.2 Å². The SMILES string of the molecule is CC(C)(C)N1C=CN(c2[c-]c(Oc3[c-]c(-c4cc(-c5[c-]c(Oc6[c-]cccc6)ccc5)[c-]cn4)ccc3)ccc2)[CH-]1.[C-]#Cn1cccc1.[Pt+4].[Pt]. The molecule has 2 aromatic heterocycles. The molecule has 0 radical (unpaired) electrons. The van der Waals surface area contributed by atoms with Crippen LogP contribution in [0.15, 0.2) is 128 Å². The van der Waals surface area contributed by atoms with Crippen molar-refractivity contribution in [1.29, 1.82) is 0 Å². The van der Waals surface area contributed by atoms with E-state index in [0.29, 0.717) is 23.0 Å². The van der Waals surface area contributed by atoms with Crippen LogP contribution in [0.2, 0.25) is 0 Å². The Balaban J connectivity index is 0.000000559. The summed E-state index contributed by atoms with van der Waals surface area (Å²) < 4.78 is 13.6. The van der Waals surface area contributed by atoms with Crippen molar-refractivity contribution in [3.8, 4) is 51.4 Å². The third-order valence-electron chi connectivity index (χ3n) is 7.10. The van der Waals surface area contributed by atoms with Gasteiger partial charge in [-0.2, -0.15) is 43.1 Å². The molecule has 3 heterocycles. The summed E-state index contributed by atoms with van der Waals surface area (Å²) in [4.78, 5) is 8.73. The van der Waals surface area contributed by atoms with Crippen LogP contribution in [-0.2, 0) is 42.1 Å². The molecule has 0 saturated heterocycles. The first-order valence-electron chi connectivity index (χ1n) is 15.3. The van der Waals surface area contributed by atoms with Crippen LogP contribution < -0.4 is 14.4 Å². The summed E-state index contributed by atoms with van der Waals surface area (Å²) in [5, 5.41) is 0. The predicted molar refractivity (Wildman–Crippen MR) is 187 cm³/mol. The second-order valence-corrected chi connectivity index (χ2v) is 11.6. The molecule has 50 heavy (non-hydrogen) atoms. The second kappa shape index (κ2) is 17.7. The van der Waals surface area contributed by atoms with Gasteiger partial charge in [0.05, 0.1) is 0 Å².